The predicted molar refractivity (Wildman–Crippen MR) is 94.9 cm³/mol. The fourth-order valence-corrected chi connectivity index (χ4v) is 2.63. The summed E-state index contributed by atoms with van der Waals surface area (Å²) in [6.45, 7) is 8.27. The van der Waals surface area contributed by atoms with E-state index in [1.165, 1.54) is 10.9 Å². The Kier molecular flexibility index (Phi) is 4.79. The first kappa shape index (κ1) is 15.8. The van der Waals surface area contributed by atoms with Crippen molar-refractivity contribution in [2.24, 2.45) is 0 Å². The van der Waals surface area contributed by atoms with Crippen LogP contribution in [0.2, 0.25) is 0 Å². The van der Waals surface area contributed by atoms with Gasteiger partial charge >= 0.3 is 131 Å². The molecule has 0 N–H and O–H groups in total. The van der Waals surface area contributed by atoms with E-state index in [0.717, 1.165) is 41.3 Å². The fourth-order valence-electron chi connectivity index (χ4n) is 2.63. The van der Waals surface area contributed by atoms with E-state index in [2.05, 4.69) is 41.9 Å². The topological polar surface area (TPSA) is 51.6 Å². The molecule has 0 amide bonds. The van der Waals surface area contributed by atoms with E-state index in [-0.39, 0.29) is 0 Å². The minimum atomic E-state index is 0.670. The number of rotatable bonds is 5. The zero-order valence-corrected chi connectivity index (χ0v) is 13.9. The molecule has 0 aliphatic carbocycles. The molecule has 0 saturated heterocycles. The first-order valence-corrected chi connectivity index (χ1v) is 7.92. The van der Waals surface area contributed by atoms with Crippen molar-refractivity contribution >= 4 is 20.1 Å². The van der Waals surface area contributed by atoms with Crippen molar-refractivity contribution in [1.29, 1.82) is 0 Å². The SMILES string of the molecule is CC1=C(CCc2nc(Cc3cnc(C)cn3)cnc2C)[B]C=B1. The van der Waals surface area contributed by atoms with Gasteiger partial charge in [-0.3, -0.25) is 0 Å². The van der Waals surface area contributed by atoms with Crippen molar-refractivity contribution in [3.63, 3.8) is 0 Å². The van der Waals surface area contributed by atoms with Crippen LogP contribution in [0.5, 0.6) is 0 Å². The quantitative estimate of drug-likeness (QED) is 0.791. The molecule has 113 valence electrons. The molecular formula is C17H19B2N4. The molecule has 0 bridgehead atoms. The van der Waals surface area contributed by atoms with Crippen molar-refractivity contribution < 1.29 is 0 Å². The van der Waals surface area contributed by atoms with Crippen LogP contribution in [-0.4, -0.2) is 40.0 Å². The van der Waals surface area contributed by atoms with Crippen molar-refractivity contribution in [2.45, 2.75) is 40.0 Å². The number of aryl methyl sites for hydroxylation is 3. The van der Waals surface area contributed by atoms with Gasteiger partial charge in [-0.15, -0.1) is 0 Å². The maximum atomic E-state index is 4.79. The average molecular weight is 301 g/mol. The number of nitrogens with zero attached hydrogens (tertiary/aromatic N) is 4. The third kappa shape index (κ3) is 4.01. The zero-order valence-electron chi connectivity index (χ0n) is 13.9. The Labute approximate surface area is 138 Å². The fraction of sp³-hybridized carbons (Fsp3) is 0.353. The summed E-state index contributed by atoms with van der Waals surface area (Å²) in [5.41, 5.74) is 7.61. The van der Waals surface area contributed by atoms with Crippen LogP contribution in [0.3, 0.4) is 0 Å². The second-order valence-corrected chi connectivity index (χ2v) is 5.95. The van der Waals surface area contributed by atoms with Crippen molar-refractivity contribution in [2.75, 3.05) is 0 Å². The summed E-state index contributed by atoms with van der Waals surface area (Å²) < 4.78 is 0. The van der Waals surface area contributed by atoms with Crippen LogP contribution in [0, 0.1) is 13.8 Å². The summed E-state index contributed by atoms with van der Waals surface area (Å²) in [5.74, 6) is 2.11. The molecule has 0 spiro atoms. The Morgan fingerprint density at radius 3 is 2.43 bits per heavy atom. The molecule has 0 aromatic carbocycles. The standard InChI is InChI=1S/C17H19B2N4/c1-11-7-22-14(8-20-11)6-15-9-21-13(3)17(23-15)5-4-16-12(2)18-10-19-16/h7-10H,4-6H2,1-3H3. The average Bonchev–Trinajstić information content (AvgIpc) is 2.95. The maximum absolute atomic E-state index is 4.79. The predicted octanol–water partition coefficient (Wildman–Crippen LogP) is 1.82. The van der Waals surface area contributed by atoms with E-state index in [1.807, 2.05) is 26.2 Å². The molecule has 3 rings (SSSR count). The summed E-state index contributed by atoms with van der Waals surface area (Å²) in [6, 6.07) is 0. The summed E-state index contributed by atoms with van der Waals surface area (Å²) in [7, 11) is 2.18. The first-order chi connectivity index (χ1) is 11.1. The van der Waals surface area contributed by atoms with Gasteiger partial charge in [0.1, 0.15) is 0 Å². The Hall–Kier alpha value is -2.10. The molecule has 23 heavy (non-hydrogen) atoms. The Morgan fingerprint density at radius 1 is 0.913 bits per heavy atom. The molecule has 4 nitrogen and oxygen atoms in total. The van der Waals surface area contributed by atoms with Crippen LogP contribution >= 0.6 is 0 Å². The van der Waals surface area contributed by atoms with Crippen molar-refractivity contribution in [3.8, 4) is 0 Å². The molecule has 1 aliphatic heterocycles. The number of aromatic nitrogens is 4. The van der Waals surface area contributed by atoms with E-state index in [0.29, 0.717) is 6.42 Å². The molecular weight excluding hydrogens is 282 g/mol. The van der Waals surface area contributed by atoms with E-state index >= 15 is 0 Å². The first-order valence-electron chi connectivity index (χ1n) is 7.92. The molecule has 1 aliphatic rings. The molecule has 1 radical (unpaired) electrons. The third-order valence-corrected chi connectivity index (χ3v) is 4.08. The van der Waals surface area contributed by atoms with Gasteiger partial charge < -0.3 is 0 Å². The van der Waals surface area contributed by atoms with Gasteiger partial charge in [-0.05, 0) is 6.92 Å². The molecule has 2 aromatic heterocycles. The molecule has 3 heterocycles. The zero-order chi connectivity index (χ0) is 16.2. The van der Waals surface area contributed by atoms with Crippen LogP contribution in [0.1, 0.15) is 41.8 Å². The Bertz CT molecular complexity index is 767. The normalized spacial score (nSPS) is 13.2. The Morgan fingerprint density at radius 2 is 1.74 bits per heavy atom. The second-order valence-electron chi connectivity index (χ2n) is 5.95. The van der Waals surface area contributed by atoms with Gasteiger partial charge in [0, 0.05) is 0 Å². The van der Waals surface area contributed by atoms with Crippen molar-refractivity contribution in [1.82, 2.24) is 19.9 Å². The summed E-state index contributed by atoms with van der Waals surface area (Å²) >= 11 is 0. The molecule has 6 heteroatoms. The van der Waals surface area contributed by atoms with Crippen LogP contribution < -0.4 is 0 Å². The molecule has 0 saturated carbocycles. The van der Waals surface area contributed by atoms with Crippen LogP contribution in [0.4, 0.5) is 0 Å². The van der Waals surface area contributed by atoms with Gasteiger partial charge in [-0.25, -0.2) is 0 Å². The monoisotopic (exact) mass is 301 g/mol. The number of hydrogen-bond acceptors (Lipinski definition) is 4. The number of hydrogen-bond donors (Lipinski definition) is 0. The van der Waals surface area contributed by atoms with Gasteiger partial charge in [0.2, 0.25) is 0 Å². The van der Waals surface area contributed by atoms with Gasteiger partial charge in [-0.1, -0.05) is 0 Å². The van der Waals surface area contributed by atoms with E-state index < -0.39 is 0 Å². The van der Waals surface area contributed by atoms with E-state index in [1.54, 1.807) is 6.20 Å². The second kappa shape index (κ2) is 6.99. The van der Waals surface area contributed by atoms with Gasteiger partial charge in [0.25, 0.3) is 0 Å². The summed E-state index contributed by atoms with van der Waals surface area (Å²) in [5, 5.41) is 0. The van der Waals surface area contributed by atoms with Gasteiger partial charge in [0.05, 0.1) is 0 Å². The summed E-state index contributed by atoms with van der Waals surface area (Å²) in [4.78, 5) is 18.0. The molecule has 0 unspecified atom stereocenters. The molecule has 2 aromatic rings. The molecule has 0 fully saturated rings. The third-order valence-electron chi connectivity index (χ3n) is 4.08. The minimum absolute atomic E-state index is 0.670. The van der Waals surface area contributed by atoms with E-state index in [9.17, 15) is 0 Å². The van der Waals surface area contributed by atoms with Crippen LogP contribution in [0.25, 0.3) is 0 Å². The van der Waals surface area contributed by atoms with Crippen molar-refractivity contribution in [3.05, 3.63) is 58.0 Å². The summed E-state index contributed by atoms with van der Waals surface area (Å²) in [6.07, 6.45) is 8.02. The van der Waals surface area contributed by atoms with Crippen LogP contribution in [0.15, 0.2) is 29.5 Å². The number of allylic oxidation sites excluding steroid dienone is 2. The molecule has 0 atom stereocenters. The van der Waals surface area contributed by atoms with E-state index in [4.69, 9.17) is 4.98 Å². The van der Waals surface area contributed by atoms with Gasteiger partial charge in [0.15, 0.2) is 0 Å². The van der Waals surface area contributed by atoms with Crippen LogP contribution in [-0.2, 0) is 12.8 Å². The van der Waals surface area contributed by atoms with Gasteiger partial charge in [-0.2, -0.15) is 0 Å². The Balaban J connectivity index is 1.71.